The van der Waals surface area contributed by atoms with Crippen LogP contribution in [-0.2, 0) is 10.0 Å². The molecule has 2 rings (SSSR count). The first-order chi connectivity index (χ1) is 8.01. The van der Waals surface area contributed by atoms with Gasteiger partial charge in [0.25, 0.3) is 10.0 Å². The molecule has 4 nitrogen and oxygen atoms in total. The van der Waals surface area contributed by atoms with Crippen LogP contribution >= 0.6 is 0 Å². The number of rotatable bonds is 2. The zero-order chi connectivity index (χ0) is 12.5. The van der Waals surface area contributed by atoms with Crippen LogP contribution in [0.4, 0.5) is 0 Å². The predicted octanol–water partition coefficient (Wildman–Crippen LogP) is 1.35. The Hall–Kier alpha value is -1.59. The zero-order valence-electron chi connectivity index (χ0n) is 9.45. The largest absolute Gasteiger partial charge is 0.307 e. The highest BCUT2D eigenvalue weighted by atomic mass is 32.2. The molecule has 0 saturated heterocycles. The van der Waals surface area contributed by atoms with Crippen molar-refractivity contribution >= 4 is 10.0 Å². The second-order valence-electron chi connectivity index (χ2n) is 3.87. The number of benzene rings is 1. The maximum Gasteiger partial charge on any atom is 0.265 e. The molecule has 1 aromatic carbocycles. The van der Waals surface area contributed by atoms with Gasteiger partial charge in [-0.3, -0.25) is 4.31 Å². The van der Waals surface area contributed by atoms with Gasteiger partial charge < -0.3 is 5.73 Å². The highest BCUT2D eigenvalue weighted by Gasteiger charge is 2.25. The Morgan fingerprint density at radius 1 is 1.18 bits per heavy atom. The maximum atomic E-state index is 12.3. The van der Waals surface area contributed by atoms with E-state index in [0.29, 0.717) is 0 Å². The molecule has 17 heavy (non-hydrogen) atoms. The molecule has 1 heterocycles. The third-order valence-electron chi connectivity index (χ3n) is 2.54. The van der Waals surface area contributed by atoms with E-state index >= 15 is 0 Å². The van der Waals surface area contributed by atoms with Crippen LogP contribution < -0.4 is 5.73 Å². The third-order valence-corrected chi connectivity index (χ3v) is 4.33. The third kappa shape index (κ3) is 2.25. The normalized spacial score (nSPS) is 19.6. The smallest absolute Gasteiger partial charge is 0.265 e. The molecule has 1 aliphatic rings. The molecule has 0 bridgehead atoms. The lowest BCUT2D eigenvalue weighted by Crippen LogP contribution is -2.41. The summed E-state index contributed by atoms with van der Waals surface area (Å²) >= 11 is 0. The van der Waals surface area contributed by atoms with Gasteiger partial charge in [0.1, 0.15) is 6.17 Å². The van der Waals surface area contributed by atoms with Crippen molar-refractivity contribution < 1.29 is 8.42 Å². The summed E-state index contributed by atoms with van der Waals surface area (Å²) in [5.74, 6) is 0. The van der Waals surface area contributed by atoms with Crippen LogP contribution in [0.5, 0.6) is 0 Å². The van der Waals surface area contributed by atoms with Gasteiger partial charge in [-0.2, -0.15) is 0 Å². The average Bonchev–Trinajstić information content (AvgIpc) is 2.30. The summed E-state index contributed by atoms with van der Waals surface area (Å²) in [6.07, 6.45) is 5.83. The van der Waals surface area contributed by atoms with Crippen molar-refractivity contribution in [3.63, 3.8) is 0 Å². The lowest BCUT2D eigenvalue weighted by molar-refractivity contribution is 0.452. The molecule has 0 saturated carbocycles. The molecule has 0 aliphatic carbocycles. The van der Waals surface area contributed by atoms with Crippen LogP contribution in [0.2, 0.25) is 0 Å². The Labute approximate surface area is 101 Å². The van der Waals surface area contributed by atoms with Gasteiger partial charge in [0.05, 0.1) is 4.90 Å². The summed E-state index contributed by atoms with van der Waals surface area (Å²) in [6.45, 7) is 1.91. The van der Waals surface area contributed by atoms with Crippen molar-refractivity contribution in [1.82, 2.24) is 4.31 Å². The lowest BCUT2D eigenvalue weighted by Gasteiger charge is -2.26. The highest BCUT2D eigenvalue weighted by Crippen LogP contribution is 2.19. The Morgan fingerprint density at radius 3 is 2.41 bits per heavy atom. The fourth-order valence-electron chi connectivity index (χ4n) is 1.57. The van der Waals surface area contributed by atoms with E-state index in [1.807, 2.05) is 6.92 Å². The van der Waals surface area contributed by atoms with Gasteiger partial charge >= 0.3 is 0 Å². The molecule has 0 spiro atoms. The van der Waals surface area contributed by atoms with Crippen molar-refractivity contribution in [2.45, 2.75) is 18.0 Å². The van der Waals surface area contributed by atoms with E-state index in [-0.39, 0.29) is 4.90 Å². The minimum absolute atomic E-state index is 0.249. The van der Waals surface area contributed by atoms with Crippen LogP contribution in [0.25, 0.3) is 0 Å². The van der Waals surface area contributed by atoms with Gasteiger partial charge in [0, 0.05) is 6.20 Å². The van der Waals surface area contributed by atoms with E-state index in [1.165, 1.54) is 6.20 Å². The predicted molar refractivity (Wildman–Crippen MR) is 66.5 cm³/mol. The lowest BCUT2D eigenvalue weighted by atomic mass is 10.2. The molecule has 1 aliphatic heterocycles. The number of sulfonamides is 1. The summed E-state index contributed by atoms with van der Waals surface area (Å²) in [4.78, 5) is 0.249. The van der Waals surface area contributed by atoms with E-state index in [2.05, 4.69) is 0 Å². The molecule has 0 amide bonds. The van der Waals surface area contributed by atoms with Crippen molar-refractivity contribution in [2.24, 2.45) is 5.73 Å². The number of allylic oxidation sites excluding steroid dienone is 2. The first-order valence-corrected chi connectivity index (χ1v) is 6.66. The summed E-state index contributed by atoms with van der Waals surface area (Å²) in [6, 6.07) is 6.71. The van der Waals surface area contributed by atoms with Crippen molar-refractivity contribution in [3.8, 4) is 0 Å². The van der Waals surface area contributed by atoms with Gasteiger partial charge in [-0.15, -0.1) is 0 Å². The van der Waals surface area contributed by atoms with Crippen LogP contribution in [0.3, 0.4) is 0 Å². The van der Waals surface area contributed by atoms with E-state index in [4.69, 9.17) is 5.73 Å². The summed E-state index contributed by atoms with van der Waals surface area (Å²) in [5.41, 5.74) is 6.76. The molecule has 0 fully saturated rings. The molecule has 2 N–H and O–H groups in total. The zero-order valence-corrected chi connectivity index (χ0v) is 10.3. The van der Waals surface area contributed by atoms with E-state index in [9.17, 15) is 8.42 Å². The van der Waals surface area contributed by atoms with Gasteiger partial charge in [0.15, 0.2) is 0 Å². The van der Waals surface area contributed by atoms with E-state index < -0.39 is 16.2 Å². The Kier molecular flexibility index (Phi) is 3.04. The van der Waals surface area contributed by atoms with Gasteiger partial charge in [-0.25, -0.2) is 8.42 Å². The second-order valence-corrected chi connectivity index (χ2v) is 5.71. The molecule has 1 aromatic rings. The molecule has 1 unspecified atom stereocenters. The van der Waals surface area contributed by atoms with Crippen LogP contribution in [0, 0.1) is 6.92 Å². The Morgan fingerprint density at radius 2 is 1.82 bits per heavy atom. The van der Waals surface area contributed by atoms with Crippen molar-refractivity contribution in [2.75, 3.05) is 0 Å². The quantitative estimate of drug-likeness (QED) is 0.862. The second kappa shape index (κ2) is 4.35. The fourth-order valence-corrected chi connectivity index (χ4v) is 2.91. The maximum absolute atomic E-state index is 12.3. The van der Waals surface area contributed by atoms with Crippen LogP contribution in [0.15, 0.2) is 53.6 Å². The number of nitrogens with zero attached hydrogens (tertiary/aromatic N) is 1. The molecule has 0 radical (unpaired) electrons. The van der Waals surface area contributed by atoms with Crippen molar-refractivity contribution in [1.29, 1.82) is 0 Å². The Bertz CT molecular complexity index is 559. The average molecular weight is 250 g/mol. The number of hydrogen-bond donors (Lipinski definition) is 1. The number of hydrogen-bond acceptors (Lipinski definition) is 3. The molecule has 5 heteroatoms. The minimum Gasteiger partial charge on any atom is -0.307 e. The standard InChI is InChI=1S/C12H14N2O2S/c1-10-5-7-11(8-6-10)17(15,16)14-9-3-2-4-12(14)13/h2-9,12H,13H2,1H3. The van der Waals surface area contributed by atoms with Crippen molar-refractivity contribution in [3.05, 3.63) is 54.3 Å². The molecule has 0 aromatic heterocycles. The van der Waals surface area contributed by atoms with Gasteiger partial charge in [0.2, 0.25) is 0 Å². The summed E-state index contributed by atoms with van der Waals surface area (Å²) in [5, 5.41) is 0. The van der Waals surface area contributed by atoms with Crippen LogP contribution in [0.1, 0.15) is 5.56 Å². The summed E-state index contributed by atoms with van der Waals surface area (Å²) in [7, 11) is -3.56. The molecular formula is C12H14N2O2S. The van der Waals surface area contributed by atoms with Gasteiger partial charge in [-0.05, 0) is 31.2 Å². The fraction of sp³-hybridized carbons (Fsp3) is 0.167. The van der Waals surface area contributed by atoms with Crippen LogP contribution in [-0.4, -0.2) is 18.9 Å². The number of aryl methyl sites for hydroxylation is 1. The monoisotopic (exact) mass is 250 g/mol. The van der Waals surface area contributed by atoms with Gasteiger partial charge in [-0.1, -0.05) is 23.8 Å². The highest BCUT2D eigenvalue weighted by molar-refractivity contribution is 7.89. The Balaban J connectivity index is 2.40. The molecule has 90 valence electrons. The SMILES string of the molecule is Cc1ccc(S(=O)(=O)N2C=CC=CC2N)cc1. The minimum atomic E-state index is -3.56. The first-order valence-electron chi connectivity index (χ1n) is 5.22. The topological polar surface area (TPSA) is 63.4 Å². The van der Waals surface area contributed by atoms with E-state index in [0.717, 1.165) is 9.87 Å². The molecular weight excluding hydrogens is 236 g/mol. The van der Waals surface area contributed by atoms with E-state index in [1.54, 1.807) is 42.5 Å². The number of nitrogens with two attached hydrogens (primary N) is 1. The summed E-state index contributed by atoms with van der Waals surface area (Å²) < 4.78 is 25.7. The first kappa shape index (κ1) is 11.9. The molecule has 1 atom stereocenters.